The first-order valence-corrected chi connectivity index (χ1v) is 5.13. The predicted octanol–water partition coefficient (Wildman–Crippen LogP) is 1.36. The van der Waals surface area contributed by atoms with Gasteiger partial charge in [-0.15, -0.1) is 0 Å². The van der Waals surface area contributed by atoms with Crippen molar-refractivity contribution in [1.82, 2.24) is 5.32 Å². The number of ether oxygens (including phenoxy) is 1. The number of halogens is 2. The van der Waals surface area contributed by atoms with Gasteiger partial charge in [0, 0.05) is 6.08 Å². The van der Waals surface area contributed by atoms with Crippen molar-refractivity contribution in [3.8, 4) is 6.07 Å². The summed E-state index contributed by atoms with van der Waals surface area (Å²) in [6, 6.07) is 1.66. The van der Waals surface area contributed by atoms with E-state index in [1.807, 2.05) is 5.32 Å². The monoisotopic (exact) mass is 260 g/mol. The third kappa shape index (κ3) is 4.91. The minimum atomic E-state index is -3.05. The number of nitrogens with one attached hydrogen (secondary N) is 1. The molecule has 0 aliphatic rings. The highest BCUT2D eigenvalue weighted by Crippen LogP contribution is 2.15. The first kappa shape index (κ1) is 16.0. The van der Waals surface area contributed by atoms with Crippen molar-refractivity contribution >= 4 is 11.9 Å². The topological polar surface area (TPSA) is 79.2 Å². The van der Waals surface area contributed by atoms with Crippen LogP contribution in [0.2, 0.25) is 0 Å². The number of carbonyl (C=O) groups is 2. The number of carbonyl (C=O) groups excluding carboxylic acids is 2. The number of nitrogens with zero attached hydrogens (tertiary/aromatic N) is 1. The SMILES string of the molecule is CCOC(=O)/C=C(\NC(=O)C(C)(C)C#N)C(F)F. The largest absolute Gasteiger partial charge is 0.463 e. The van der Waals surface area contributed by atoms with E-state index in [0.717, 1.165) is 0 Å². The number of hydrogen-bond donors (Lipinski definition) is 1. The van der Waals surface area contributed by atoms with Crippen molar-refractivity contribution in [2.75, 3.05) is 6.61 Å². The van der Waals surface area contributed by atoms with Gasteiger partial charge in [-0.1, -0.05) is 0 Å². The number of esters is 1. The van der Waals surface area contributed by atoms with Crippen LogP contribution in [0.15, 0.2) is 11.8 Å². The molecule has 0 unspecified atom stereocenters. The predicted molar refractivity (Wildman–Crippen MR) is 58.3 cm³/mol. The minimum absolute atomic E-state index is 0.0312. The maximum atomic E-state index is 12.6. The first-order valence-electron chi connectivity index (χ1n) is 5.13. The zero-order valence-electron chi connectivity index (χ0n) is 10.3. The summed E-state index contributed by atoms with van der Waals surface area (Å²) in [6.07, 6.45) is -2.55. The second-order valence-corrected chi connectivity index (χ2v) is 3.84. The summed E-state index contributed by atoms with van der Waals surface area (Å²) in [5.41, 5.74) is -2.36. The van der Waals surface area contributed by atoms with E-state index < -0.39 is 29.4 Å². The van der Waals surface area contributed by atoms with E-state index in [-0.39, 0.29) is 6.61 Å². The molecule has 0 radical (unpaired) electrons. The quantitative estimate of drug-likeness (QED) is 0.598. The van der Waals surface area contributed by atoms with Crippen molar-refractivity contribution < 1.29 is 23.1 Å². The summed E-state index contributed by atoms with van der Waals surface area (Å²) in [6.45, 7) is 4.10. The van der Waals surface area contributed by atoms with Crippen LogP contribution < -0.4 is 5.32 Å². The van der Waals surface area contributed by atoms with E-state index in [2.05, 4.69) is 4.74 Å². The first-order chi connectivity index (χ1) is 8.24. The van der Waals surface area contributed by atoms with Gasteiger partial charge in [0.15, 0.2) is 0 Å². The van der Waals surface area contributed by atoms with Crippen LogP contribution in [0.1, 0.15) is 20.8 Å². The van der Waals surface area contributed by atoms with Crippen LogP contribution in [0, 0.1) is 16.7 Å². The fourth-order valence-corrected chi connectivity index (χ4v) is 0.803. The molecule has 0 aromatic carbocycles. The van der Waals surface area contributed by atoms with E-state index in [9.17, 15) is 18.4 Å². The molecule has 0 aromatic rings. The van der Waals surface area contributed by atoms with Gasteiger partial charge in [-0.25, -0.2) is 13.6 Å². The zero-order chi connectivity index (χ0) is 14.3. The zero-order valence-corrected chi connectivity index (χ0v) is 10.3. The lowest BCUT2D eigenvalue weighted by molar-refractivity contribution is -0.137. The van der Waals surface area contributed by atoms with Crippen molar-refractivity contribution in [1.29, 1.82) is 5.26 Å². The molecule has 7 heteroatoms. The highest BCUT2D eigenvalue weighted by molar-refractivity contribution is 5.88. The molecule has 0 aliphatic carbocycles. The molecule has 5 nitrogen and oxygen atoms in total. The van der Waals surface area contributed by atoms with Crippen molar-refractivity contribution in [2.24, 2.45) is 5.41 Å². The van der Waals surface area contributed by atoms with Crippen LogP contribution in [0.3, 0.4) is 0 Å². The normalized spacial score (nSPS) is 11.9. The molecule has 18 heavy (non-hydrogen) atoms. The number of allylic oxidation sites excluding steroid dienone is 1. The molecule has 0 fully saturated rings. The average molecular weight is 260 g/mol. The molecule has 0 rings (SSSR count). The molecule has 0 heterocycles. The Morgan fingerprint density at radius 1 is 1.50 bits per heavy atom. The number of nitriles is 1. The standard InChI is InChI=1S/C11H14F2N2O3/c1-4-18-8(16)5-7(9(12)13)15-10(17)11(2,3)6-14/h5,9H,4H2,1-3H3,(H,15,17)/b7-5-. The Hall–Kier alpha value is -1.97. The Kier molecular flexibility index (Phi) is 5.96. The van der Waals surface area contributed by atoms with Crippen molar-refractivity contribution in [3.05, 3.63) is 11.8 Å². The highest BCUT2D eigenvalue weighted by Gasteiger charge is 2.29. The van der Waals surface area contributed by atoms with E-state index in [0.29, 0.717) is 6.08 Å². The molecule has 0 saturated heterocycles. The molecule has 0 saturated carbocycles. The molecule has 0 bridgehead atoms. The summed E-state index contributed by atoms with van der Waals surface area (Å²) in [5, 5.41) is 10.5. The number of alkyl halides is 2. The fraction of sp³-hybridized carbons (Fsp3) is 0.545. The van der Waals surface area contributed by atoms with Gasteiger partial charge >= 0.3 is 5.97 Å². The van der Waals surface area contributed by atoms with Gasteiger partial charge in [-0.3, -0.25) is 4.79 Å². The molecule has 0 aromatic heterocycles. The van der Waals surface area contributed by atoms with Crippen LogP contribution >= 0.6 is 0 Å². The summed E-state index contributed by atoms with van der Waals surface area (Å²) in [5.74, 6) is -1.90. The lowest BCUT2D eigenvalue weighted by atomic mass is 9.94. The second-order valence-electron chi connectivity index (χ2n) is 3.84. The summed E-state index contributed by atoms with van der Waals surface area (Å²) in [7, 11) is 0. The Morgan fingerprint density at radius 2 is 2.06 bits per heavy atom. The average Bonchev–Trinajstić information content (AvgIpc) is 2.28. The van der Waals surface area contributed by atoms with Crippen molar-refractivity contribution in [3.63, 3.8) is 0 Å². The molecule has 1 N–H and O–H groups in total. The van der Waals surface area contributed by atoms with E-state index in [4.69, 9.17) is 5.26 Å². The number of rotatable bonds is 5. The maximum absolute atomic E-state index is 12.6. The molecule has 0 atom stereocenters. The summed E-state index contributed by atoms with van der Waals surface area (Å²) < 4.78 is 29.6. The van der Waals surface area contributed by atoms with Crippen molar-refractivity contribution in [2.45, 2.75) is 27.2 Å². The van der Waals surface area contributed by atoms with Gasteiger partial charge in [0.25, 0.3) is 6.43 Å². The van der Waals surface area contributed by atoms with Gasteiger partial charge < -0.3 is 10.1 Å². The Bertz CT molecular complexity index is 398. The van der Waals surface area contributed by atoms with Crippen LogP contribution in [0.5, 0.6) is 0 Å². The molecule has 100 valence electrons. The Labute approximate surface area is 103 Å². The van der Waals surface area contributed by atoms with Gasteiger partial charge in [0.05, 0.1) is 18.4 Å². The number of amides is 1. The lowest BCUT2D eigenvalue weighted by Gasteiger charge is -2.16. The van der Waals surface area contributed by atoms with Gasteiger partial charge in [0.2, 0.25) is 5.91 Å². The smallest absolute Gasteiger partial charge is 0.332 e. The third-order valence-corrected chi connectivity index (χ3v) is 1.90. The third-order valence-electron chi connectivity index (χ3n) is 1.90. The fourth-order valence-electron chi connectivity index (χ4n) is 0.803. The molecular weight excluding hydrogens is 246 g/mol. The van der Waals surface area contributed by atoms with E-state index >= 15 is 0 Å². The Morgan fingerprint density at radius 3 is 2.44 bits per heavy atom. The van der Waals surface area contributed by atoms with Crippen LogP contribution in [0.4, 0.5) is 8.78 Å². The lowest BCUT2D eigenvalue weighted by Crippen LogP contribution is -2.37. The number of hydrogen-bond acceptors (Lipinski definition) is 4. The maximum Gasteiger partial charge on any atom is 0.332 e. The van der Waals surface area contributed by atoms with Gasteiger partial charge in [-0.05, 0) is 20.8 Å². The minimum Gasteiger partial charge on any atom is -0.463 e. The van der Waals surface area contributed by atoms with E-state index in [1.54, 1.807) is 6.07 Å². The molecule has 0 spiro atoms. The molecule has 0 aliphatic heterocycles. The molecular formula is C11H14F2N2O3. The second kappa shape index (κ2) is 6.69. The van der Waals surface area contributed by atoms with Gasteiger partial charge in [-0.2, -0.15) is 5.26 Å². The highest BCUT2D eigenvalue weighted by atomic mass is 19.3. The Balaban J connectivity index is 4.92. The van der Waals surface area contributed by atoms with Crippen LogP contribution in [-0.4, -0.2) is 24.9 Å². The summed E-state index contributed by atoms with van der Waals surface area (Å²) >= 11 is 0. The molecule has 1 amide bonds. The van der Waals surface area contributed by atoms with Gasteiger partial charge in [0.1, 0.15) is 5.41 Å². The summed E-state index contributed by atoms with van der Waals surface area (Å²) in [4.78, 5) is 22.5. The van der Waals surface area contributed by atoms with Crippen LogP contribution in [0.25, 0.3) is 0 Å². The van der Waals surface area contributed by atoms with Crippen LogP contribution in [-0.2, 0) is 14.3 Å². The van der Waals surface area contributed by atoms with E-state index in [1.165, 1.54) is 20.8 Å².